The van der Waals surface area contributed by atoms with E-state index in [1.807, 2.05) is 6.07 Å². The number of hydrogen-bond donors (Lipinski definition) is 1. The number of carbonyl (C=O) groups is 1. The van der Waals surface area contributed by atoms with Crippen LogP contribution in [0.1, 0.15) is 86.8 Å². The molecule has 2 aliphatic rings. The molecule has 2 heteroatoms. The maximum Gasteiger partial charge on any atom is 0.328 e. The maximum absolute atomic E-state index is 10.9. The molecule has 0 bridgehead atoms. The van der Waals surface area contributed by atoms with Gasteiger partial charge in [0, 0.05) is 11.5 Å². The van der Waals surface area contributed by atoms with E-state index in [2.05, 4.69) is 65.0 Å². The first kappa shape index (κ1) is 19.9. The Morgan fingerprint density at radius 3 is 2.10 bits per heavy atom. The van der Waals surface area contributed by atoms with Crippen LogP contribution >= 0.6 is 0 Å². The third-order valence-corrected chi connectivity index (χ3v) is 7.32. The number of hydrogen-bond acceptors (Lipinski definition) is 1. The first-order valence-corrected chi connectivity index (χ1v) is 10.7. The molecular formula is C27H32O2. The summed E-state index contributed by atoms with van der Waals surface area (Å²) in [6.45, 7) is 11.8. The predicted octanol–water partition coefficient (Wildman–Crippen LogP) is 6.52. The van der Waals surface area contributed by atoms with Gasteiger partial charge in [0.15, 0.2) is 0 Å². The summed E-state index contributed by atoms with van der Waals surface area (Å²) in [6.07, 6.45) is 7.67. The molecule has 0 heterocycles. The molecule has 1 fully saturated rings. The molecule has 0 aliphatic heterocycles. The summed E-state index contributed by atoms with van der Waals surface area (Å²) in [6, 6.07) is 13.4. The minimum atomic E-state index is -0.910. The van der Waals surface area contributed by atoms with Gasteiger partial charge in [-0.1, -0.05) is 64.1 Å². The summed E-state index contributed by atoms with van der Waals surface area (Å²) in [5, 5.41) is 8.95. The summed E-state index contributed by atoms with van der Waals surface area (Å²) >= 11 is 0. The van der Waals surface area contributed by atoms with Crippen LogP contribution in [0.4, 0.5) is 0 Å². The molecule has 0 spiro atoms. The summed E-state index contributed by atoms with van der Waals surface area (Å²) in [4.78, 5) is 10.9. The zero-order valence-electron chi connectivity index (χ0n) is 18.3. The van der Waals surface area contributed by atoms with Gasteiger partial charge in [0.25, 0.3) is 0 Å². The Labute approximate surface area is 174 Å². The van der Waals surface area contributed by atoms with E-state index >= 15 is 0 Å². The number of benzene rings is 2. The quantitative estimate of drug-likeness (QED) is 0.605. The van der Waals surface area contributed by atoms with E-state index in [9.17, 15) is 4.79 Å². The summed E-state index contributed by atoms with van der Waals surface area (Å²) in [7, 11) is 0. The Morgan fingerprint density at radius 1 is 0.897 bits per heavy atom. The zero-order chi connectivity index (χ0) is 21.0. The molecule has 0 saturated heterocycles. The fourth-order valence-corrected chi connectivity index (χ4v) is 5.18. The van der Waals surface area contributed by atoms with Crippen LogP contribution in [0.15, 0.2) is 42.5 Å². The molecule has 0 aromatic heterocycles. The van der Waals surface area contributed by atoms with Gasteiger partial charge in [-0.15, -0.1) is 0 Å². The van der Waals surface area contributed by atoms with Crippen molar-refractivity contribution in [3.8, 4) is 0 Å². The van der Waals surface area contributed by atoms with Crippen LogP contribution in [-0.4, -0.2) is 11.1 Å². The van der Waals surface area contributed by atoms with Crippen molar-refractivity contribution in [3.63, 3.8) is 0 Å². The molecule has 0 unspecified atom stereocenters. The van der Waals surface area contributed by atoms with Gasteiger partial charge in [0.1, 0.15) is 0 Å². The van der Waals surface area contributed by atoms with Crippen LogP contribution in [0.3, 0.4) is 0 Å². The number of aryl methyl sites for hydroxylation is 1. The summed E-state index contributed by atoms with van der Waals surface area (Å²) < 4.78 is 0. The molecule has 2 aromatic carbocycles. The molecule has 2 aliphatic carbocycles. The van der Waals surface area contributed by atoms with Crippen molar-refractivity contribution in [2.45, 2.75) is 76.5 Å². The molecule has 152 valence electrons. The van der Waals surface area contributed by atoms with Crippen molar-refractivity contribution in [2.24, 2.45) is 0 Å². The van der Waals surface area contributed by atoms with Crippen molar-refractivity contribution in [2.75, 3.05) is 0 Å². The molecule has 0 atom stereocenters. The standard InChI is InChI=1S/C27H32O2/c1-18-15-22-23(26(4,5)12-11-25(22,2)3)17-21(18)27(13-14-27)20-8-6-7-19(16-20)9-10-24(28)29/h6-10,15-17H,11-14H2,1-5H3,(H,28,29)/b10-9+. The van der Waals surface area contributed by atoms with Crippen molar-refractivity contribution in [1.82, 2.24) is 0 Å². The number of aliphatic carboxylic acids is 1. The number of rotatable bonds is 4. The fraction of sp³-hybridized carbons (Fsp3) is 0.444. The molecule has 29 heavy (non-hydrogen) atoms. The molecule has 0 amide bonds. The predicted molar refractivity (Wildman–Crippen MR) is 120 cm³/mol. The Hall–Kier alpha value is -2.35. The van der Waals surface area contributed by atoms with Crippen molar-refractivity contribution < 1.29 is 9.90 Å². The normalized spacial score (nSPS) is 21.0. The molecule has 1 saturated carbocycles. The second-order valence-electron chi connectivity index (χ2n) is 10.4. The first-order chi connectivity index (χ1) is 13.6. The lowest BCUT2D eigenvalue weighted by Crippen LogP contribution is -2.34. The topological polar surface area (TPSA) is 37.3 Å². The van der Waals surface area contributed by atoms with Crippen molar-refractivity contribution >= 4 is 12.0 Å². The van der Waals surface area contributed by atoms with Crippen LogP contribution in [0, 0.1) is 6.92 Å². The van der Waals surface area contributed by atoms with Gasteiger partial charge in [-0.25, -0.2) is 4.79 Å². The average Bonchev–Trinajstić information content (AvgIpc) is 3.46. The van der Waals surface area contributed by atoms with E-state index in [4.69, 9.17) is 5.11 Å². The highest BCUT2D eigenvalue weighted by molar-refractivity contribution is 5.85. The SMILES string of the molecule is Cc1cc2c(cc1C1(c3cccc(/C=C/C(=O)O)c3)CC1)C(C)(C)CCC2(C)C. The van der Waals surface area contributed by atoms with Gasteiger partial charge < -0.3 is 5.11 Å². The second kappa shape index (κ2) is 6.58. The van der Waals surface area contributed by atoms with E-state index in [-0.39, 0.29) is 16.2 Å². The summed E-state index contributed by atoms with van der Waals surface area (Å²) in [5.41, 5.74) is 8.65. The lowest BCUT2D eigenvalue weighted by atomic mass is 9.62. The minimum absolute atomic E-state index is 0.0733. The van der Waals surface area contributed by atoms with Crippen molar-refractivity contribution in [3.05, 3.63) is 75.9 Å². The highest BCUT2D eigenvalue weighted by atomic mass is 16.4. The Kier molecular flexibility index (Phi) is 4.53. The van der Waals surface area contributed by atoms with E-state index in [1.165, 1.54) is 46.7 Å². The monoisotopic (exact) mass is 388 g/mol. The van der Waals surface area contributed by atoms with Gasteiger partial charge in [0.2, 0.25) is 0 Å². The van der Waals surface area contributed by atoms with Gasteiger partial charge >= 0.3 is 5.97 Å². The first-order valence-electron chi connectivity index (χ1n) is 10.7. The van der Waals surface area contributed by atoms with E-state index in [0.717, 1.165) is 18.4 Å². The highest BCUT2D eigenvalue weighted by Crippen LogP contribution is 2.56. The zero-order valence-corrected chi connectivity index (χ0v) is 18.3. The van der Waals surface area contributed by atoms with Crippen LogP contribution in [0.2, 0.25) is 0 Å². The lowest BCUT2D eigenvalue weighted by molar-refractivity contribution is -0.131. The summed E-state index contributed by atoms with van der Waals surface area (Å²) in [5.74, 6) is -0.910. The maximum atomic E-state index is 10.9. The third-order valence-electron chi connectivity index (χ3n) is 7.32. The van der Waals surface area contributed by atoms with E-state index < -0.39 is 5.97 Å². The van der Waals surface area contributed by atoms with Crippen LogP contribution in [0.5, 0.6) is 0 Å². The van der Waals surface area contributed by atoms with Gasteiger partial charge in [0.05, 0.1) is 0 Å². The second-order valence-corrected chi connectivity index (χ2v) is 10.4. The molecule has 1 N–H and O–H groups in total. The average molecular weight is 389 g/mol. The Balaban J connectivity index is 1.82. The largest absolute Gasteiger partial charge is 0.478 e. The number of carboxylic acids is 1. The highest BCUT2D eigenvalue weighted by Gasteiger charge is 2.48. The van der Waals surface area contributed by atoms with Crippen LogP contribution < -0.4 is 0 Å². The van der Waals surface area contributed by atoms with Crippen LogP contribution in [0.25, 0.3) is 6.08 Å². The minimum Gasteiger partial charge on any atom is -0.478 e. The van der Waals surface area contributed by atoms with Gasteiger partial charge in [-0.3, -0.25) is 0 Å². The smallest absolute Gasteiger partial charge is 0.328 e. The van der Waals surface area contributed by atoms with Crippen LogP contribution in [-0.2, 0) is 21.0 Å². The number of fused-ring (bicyclic) bond motifs is 1. The van der Waals surface area contributed by atoms with E-state index in [0.29, 0.717) is 0 Å². The molecule has 0 radical (unpaired) electrons. The van der Waals surface area contributed by atoms with Gasteiger partial charge in [-0.05, 0) is 82.9 Å². The lowest BCUT2D eigenvalue weighted by Gasteiger charge is -2.43. The fourth-order valence-electron chi connectivity index (χ4n) is 5.18. The molecule has 2 aromatic rings. The Morgan fingerprint density at radius 2 is 1.52 bits per heavy atom. The van der Waals surface area contributed by atoms with Gasteiger partial charge in [-0.2, -0.15) is 0 Å². The molecule has 2 nitrogen and oxygen atoms in total. The Bertz CT molecular complexity index is 1000. The van der Waals surface area contributed by atoms with E-state index in [1.54, 1.807) is 6.08 Å². The van der Waals surface area contributed by atoms with Crippen molar-refractivity contribution in [1.29, 1.82) is 0 Å². The number of carboxylic acid groups (broad SMARTS) is 1. The third kappa shape index (κ3) is 3.43. The molecular weight excluding hydrogens is 356 g/mol. The molecule has 4 rings (SSSR count).